The van der Waals surface area contributed by atoms with E-state index in [0.29, 0.717) is 25.9 Å². The first-order valence-electron chi connectivity index (χ1n) is 17.1. The Morgan fingerprint density at radius 1 is 0.837 bits per heavy atom. The van der Waals surface area contributed by atoms with E-state index in [0.717, 1.165) is 32.1 Å². The zero-order chi connectivity index (χ0) is 32.3. The predicted octanol–water partition coefficient (Wildman–Crippen LogP) is 7.69. The van der Waals surface area contributed by atoms with Crippen LogP contribution in [0.3, 0.4) is 0 Å². The van der Waals surface area contributed by atoms with Gasteiger partial charge in [-0.1, -0.05) is 97.6 Å². The minimum atomic E-state index is -1.04. The Kier molecular flexibility index (Phi) is 19.0. The van der Waals surface area contributed by atoms with E-state index in [9.17, 15) is 19.5 Å². The van der Waals surface area contributed by atoms with Crippen LogP contribution in [-0.2, 0) is 23.9 Å². The van der Waals surface area contributed by atoms with Gasteiger partial charge < -0.3 is 25.2 Å². The standard InChI is InChI=1S/C35H64N2O6/c1-8-10-11-12-13-14-15-16-17-18-19-20-21-22-23-25-29(38)37-28(24-9-2)30(33(40)41)27(3)36-32(39)31-34(4,5)26-42-35(6,7)43-31/h16-17,27-28,30-31H,8-15,18-26H2,1-7H3,(H,36,39)(H,37,38)(H,40,41)/b17-16-. The fourth-order valence-corrected chi connectivity index (χ4v) is 5.73. The number of ether oxygens (including phenoxy) is 2. The number of allylic oxidation sites excluding steroid dienone is 2. The minimum Gasteiger partial charge on any atom is -0.481 e. The Morgan fingerprint density at radius 3 is 1.95 bits per heavy atom. The topological polar surface area (TPSA) is 114 Å². The number of hydrogen-bond donors (Lipinski definition) is 3. The fraction of sp³-hybridized carbons (Fsp3) is 0.857. The molecule has 0 aromatic rings. The van der Waals surface area contributed by atoms with Gasteiger partial charge in [-0.15, -0.1) is 0 Å². The third-order valence-electron chi connectivity index (χ3n) is 8.38. The maximum absolute atomic E-state index is 13.2. The molecule has 2 amide bonds. The summed E-state index contributed by atoms with van der Waals surface area (Å²) in [6, 6.07) is -1.28. The third kappa shape index (κ3) is 16.1. The van der Waals surface area contributed by atoms with Crippen molar-refractivity contribution in [3.63, 3.8) is 0 Å². The largest absolute Gasteiger partial charge is 0.481 e. The first kappa shape index (κ1) is 39.1. The fourth-order valence-electron chi connectivity index (χ4n) is 5.73. The number of carboxylic acid groups (broad SMARTS) is 1. The van der Waals surface area contributed by atoms with Crippen molar-refractivity contribution >= 4 is 17.8 Å². The highest BCUT2D eigenvalue weighted by Gasteiger charge is 2.46. The summed E-state index contributed by atoms with van der Waals surface area (Å²) in [4.78, 5) is 38.4. The highest BCUT2D eigenvalue weighted by atomic mass is 16.7. The molecule has 0 aliphatic carbocycles. The van der Waals surface area contributed by atoms with Crippen molar-refractivity contribution < 1.29 is 29.0 Å². The summed E-state index contributed by atoms with van der Waals surface area (Å²) in [5.74, 6) is -3.40. The molecule has 4 unspecified atom stereocenters. The summed E-state index contributed by atoms with van der Waals surface area (Å²) in [7, 11) is 0. The molecule has 4 atom stereocenters. The van der Waals surface area contributed by atoms with Crippen LogP contribution in [0, 0.1) is 11.3 Å². The van der Waals surface area contributed by atoms with Gasteiger partial charge in [-0.2, -0.15) is 0 Å². The Morgan fingerprint density at radius 2 is 1.40 bits per heavy atom. The van der Waals surface area contributed by atoms with E-state index in [1.165, 1.54) is 51.4 Å². The molecule has 1 aliphatic rings. The molecule has 0 radical (unpaired) electrons. The van der Waals surface area contributed by atoms with Crippen LogP contribution < -0.4 is 10.6 Å². The van der Waals surface area contributed by atoms with E-state index in [-0.39, 0.29) is 11.8 Å². The highest BCUT2D eigenvalue weighted by molar-refractivity contribution is 5.83. The molecule has 0 aromatic carbocycles. The van der Waals surface area contributed by atoms with Crippen molar-refractivity contribution in [1.29, 1.82) is 0 Å². The zero-order valence-electron chi connectivity index (χ0n) is 28.5. The molecule has 0 saturated carbocycles. The number of nitrogens with one attached hydrogen (secondary N) is 2. The Bertz CT molecular complexity index is 840. The highest BCUT2D eigenvalue weighted by Crippen LogP contribution is 2.35. The molecule has 43 heavy (non-hydrogen) atoms. The van der Waals surface area contributed by atoms with Crippen LogP contribution in [0.4, 0.5) is 0 Å². The van der Waals surface area contributed by atoms with Gasteiger partial charge in [0.15, 0.2) is 5.79 Å². The first-order chi connectivity index (χ1) is 20.3. The molecule has 250 valence electrons. The number of amides is 2. The summed E-state index contributed by atoms with van der Waals surface area (Å²) in [6.45, 7) is 13.5. The van der Waals surface area contributed by atoms with Gasteiger partial charge in [0.2, 0.25) is 11.8 Å². The van der Waals surface area contributed by atoms with Gasteiger partial charge in [0.25, 0.3) is 0 Å². The van der Waals surface area contributed by atoms with Gasteiger partial charge in [-0.05, 0) is 59.3 Å². The van der Waals surface area contributed by atoms with E-state index in [4.69, 9.17) is 9.47 Å². The Hall–Kier alpha value is -1.93. The van der Waals surface area contributed by atoms with Crippen molar-refractivity contribution in [2.45, 2.75) is 175 Å². The van der Waals surface area contributed by atoms with Crippen LogP contribution in [0.25, 0.3) is 0 Å². The molecule has 0 aromatic heterocycles. The quantitative estimate of drug-likeness (QED) is 0.0809. The number of hydrogen-bond acceptors (Lipinski definition) is 5. The second-order valence-corrected chi connectivity index (χ2v) is 13.6. The van der Waals surface area contributed by atoms with Gasteiger partial charge in [0.1, 0.15) is 6.10 Å². The Balaban J connectivity index is 2.44. The number of unbranched alkanes of at least 4 members (excludes halogenated alkanes) is 11. The molecule has 1 rings (SSSR count). The molecular weight excluding hydrogens is 544 g/mol. The van der Waals surface area contributed by atoms with Gasteiger partial charge >= 0.3 is 5.97 Å². The average Bonchev–Trinajstić information content (AvgIpc) is 2.92. The van der Waals surface area contributed by atoms with Gasteiger partial charge in [0, 0.05) is 23.9 Å². The molecule has 8 nitrogen and oxygen atoms in total. The molecule has 0 spiro atoms. The lowest BCUT2D eigenvalue weighted by molar-refractivity contribution is -0.304. The molecule has 1 saturated heterocycles. The lowest BCUT2D eigenvalue weighted by Crippen LogP contribution is -2.59. The number of carboxylic acids is 1. The zero-order valence-corrected chi connectivity index (χ0v) is 28.5. The van der Waals surface area contributed by atoms with E-state index in [1.54, 1.807) is 20.8 Å². The van der Waals surface area contributed by atoms with E-state index >= 15 is 0 Å². The molecule has 1 aliphatic heterocycles. The maximum Gasteiger partial charge on any atom is 0.310 e. The maximum atomic E-state index is 13.2. The normalized spacial score (nSPS) is 19.9. The summed E-state index contributed by atoms with van der Waals surface area (Å²) >= 11 is 0. The van der Waals surface area contributed by atoms with Gasteiger partial charge in [0.05, 0.1) is 12.5 Å². The van der Waals surface area contributed by atoms with E-state index in [2.05, 4.69) is 29.7 Å². The van der Waals surface area contributed by atoms with Crippen molar-refractivity contribution in [1.82, 2.24) is 10.6 Å². The summed E-state index contributed by atoms with van der Waals surface area (Å²) in [6.07, 6.45) is 21.0. The molecular formula is C35H64N2O6. The van der Waals surface area contributed by atoms with Crippen LogP contribution in [0.15, 0.2) is 12.2 Å². The first-order valence-corrected chi connectivity index (χ1v) is 17.1. The smallest absolute Gasteiger partial charge is 0.310 e. The lowest BCUT2D eigenvalue weighted by atomic mass is 9.84. The lowest BCUT2D eigenvalue weighted by Gasteiger charge is -2.45. The number of carbonyl (C=O) groups is 3. The number of rotatable bonds is 23. The van der Waals surface area contributed by atoms with Crippen LogP contribution in [0.5, 0.6) is 0 Å². The number of carbonyl (C=O) groups excluding carboxylic acids is 2. The summed E-state index contributed by atoms with van der Waals surface area (Å²) in [5.41, 5.74) is -0.570. The molecule has 0 bridgehead atoms. The van der Waals surface area contributed by atoms with Crippen molar-refractivity contribution in [2.75, 3.05) is 6.61 Å². The Labute approximate surface area is 262 Å². The van der Waals surface area contributed by atoms with E-state index in [1.807, 2.05) is 20.8 Å². The second kappa shape index (κ2) is 20.9. The minimum absolute atomic E-state index is 0.128. The third-order valence-corrected chi connectivity index (χ3v) is 8.38. The number of aliphatic carboxylic acids is 1. The summed E-state index contributed by atoms with van der Waals surface area (Å²) in [5, 5.41) is 16.0. The monoisotopic (exact) mass is 608 g/mol. The second-order valence-electron chi connectivity index (χ2n) is 13.6. The molecule has 3 N–H and O–H groups in total. The SMILES string of the molecule is CCCCCCCC/C=C\CCCCCCCC(=O)NC(CCC)C(C(=O)O)C(C)NC(=O)C1OC(C)(C)OCC1(C)C. The van der Waals surface area contributed by atoms with E-state index < -0.39 is 41.3 Å². The molecule has 1 fully saturated rings. The van der Waals surface area contributed by atoms with Crippen LogP contribution >= 0.6 is 0 Å². The van der Waals surface area contributed by atoms with Crippen LogP contribution in [0.2, 0.25) is 0 Å². The molecule has 8 heteroatoms. The van der Waals surface area contributed by atoms with Crippen molar-refractivity contribution in [3.05, 3.63) is 12.2 Å². The van der Waals surface area contributed by atoms with Gasteiger partial charge in [-0.25, -0.2) is 0 Å². The van der Waals surface area contributed by atoms with Crippen LogP contribution in [-0.4, -0.2) is 53.5 Å². The summed E-state index contributed by atoms with van der Waals surface area (Å²) < 4.78 is 11.6. The molecule has 1 heterocycles. The van der Waals surface area contributed by atoms with Crippen LogP contribution in [0.1, 0.15) is 151 Å². The van der Waals surface area contributed by atoms with Gasteiger partial charge in [-0.3, -0.25) is 14.4 Å². The average molecular weight is 609 g/mol. The van der Waals surface area contributed by atoms with Crippen molar-refractivity contribution in [2.24, 2.45) is 11.3 Å². The van der Waals surface area contributed by atoms with Crippen molar-refractivity contribution in [3.8, 4) is 0 Å². The predicted molar refractivity (Wildman–Crippen MR) is 174 cm³/mol.